The molecular weight excluding hydrogens is 540 g/mol. The Kier molecular flexibility index (Phi) is 22.5. The first-order chi connectivity index (χ1) is 21.2. The first-order valence-electron chi connectivity index (χ1n) is 17.4. The highest BCUT2D eigenvalue weighted by atomic mass is 14.0. The highest BCUT2D eigenvalue weighted by Gasteiger charge is 1.98. The van der Waals surface area contributed by atoms with Gasteiger partial charge in [0.15, 0.2) is 0 Å². The summed E-state index contributed by atoms with van der Waals surface area (Å²) in [5.74, 6) is 3.52. The predicted molar refractivity (Wildman–Crippen MR) is 206 cm³/mol. The van der Waals surface area contributed by atoms with Crippen molar-refractivity contribution in [3.05, 3.63) is 142 Å². The largest absolute Gasteiger partial charge is 0.0654 e. The Balaban J connectivity index is 0.000000544. The molecule has 0 aliphatic heterocycles. The number of hydrogen-bond acceptors (Lipinski definition) is 0. The van der Waals surface area contributed by atoms with E-state index in [0.29, 0.717) is 23.7 Å². The van der Waals surface area contributed by atoms with E-state index in [2.05, 4.69) is 194 Å². The van der Waals surface area contributed by atoms with Crippen LogP contribution in [0.15, 0.2) is 103 Å². The smallest absolute Gasteiger partial charge is 0.0219 e. The molecule has 0 nitrogen and oxygen atoms in total. The molecule has 0 unspecified atom stereocenters. The Bertz CT molecular complexity index is 1190. The quantitative estimate of drug-likeness (QED) is 0.204. The molecule has 0 heteroatoms. The lowest BCUT2D eigenvalue weighted by molar-refractivity contribution is 0.576. The van der Waals surface area contributed by atoms with E-state index in [9.17, 15) is 0 Å². The molecule has 0 spiro atoms. The van der Waals surface area contributed by atoms with Gasteiger partial charge in [-0.25, -0.2) is 0 Å². The van der Waals surface area contributed by atoms with Crippen LogP contribution in [0.25, 0.3) is 0 Å². The summed E-state index contributed by atoms with van der Waals surface area (Å²) >= 11 is 0. The van der Waals surface area contributed by atoms with Crippen molar-refractivity contribution in [1.82, 2.24) is 0 Å². The van der Waals surface area contributed by atoms with Crippen molar-refractivity contribution in [1.29, 1.82) is 0 Å². The van der Waals surface area contributed by atoms with Gasteiger partial charge in [0, 0.05) is 0 Å². The molecule has 0 heterocycles. The van der Waals surface area contributed by atoms with Crippen LogP contribution in [-0.2, 0) is 0 Å². The Hall–Kier alpha value is -3.12. The summed E-state index contributed by atoms with van der Waals surface area (Å²) < 4.78 is 0. The third kappa shape index (κ3) is 21.3. The molecule has 0 amide bonds. The van der Waals surface area contributed by atoms with Crippen molar-refractivity contribution in [3.8, 4) is 0 Å². The molecule has 4 rings (SSSR count). The summed E-state index contributed by atoms with van der Waals surface area (Å²) in [6.07, 6.45) is 2.71. The maximum Gasteiger partial charge on any atom is -0.0219 e. The molecule has 0 atom stereocenters. The van der Waals surface area contributed by atoms with Gasteiger partial charge in [0.05, 0.1) is 0 Å². The zero-order valence-electron chi connectivity index (χ0n) is 31.6. The van der Waals surface area contributed by atoms with Crippen LogP contribution in [0.2, 0.25) is 0 Å². The van der Waals surface area contributed by atoms with Crippen LogP contribution in [0, 0.1) is 26.7 Å². The molecule has 0 aliphatic rings. The van der Waals surface area contributed by atoms with Crippen molar-refractivity contribution >= 4 is 0 Å². The van der Waals surface area contributed by atoms with Crippen LogP contribution in [-0.4, -0.2) is 0 Å². The van der Waals surface area contributed by atoms with Crippen molar-refractivity contribution < 1.29 is 0 Å². The van der Waals surface area contributed by atoms with Gasteiger partial charge in [-0.05, 0) is 72.6 Å². The SMILES string of the molecule is CC(C)c1ccccc1.CCCC(C)C.Cc1ccc(C(C)C)cc1.Cc1cccc(C(C)C)c1.Cc1cccc(C(C)C)c1. The summed E-state index contributed by atoms with van der Waals surface area (Å²) in [7, 11) is 0. The zero-order valence-corrected chi connectivity index (χ0v) is 31.6. The van der Waals surface area contributed by atoms with Crippen LogP contribution in [0.3, 0.4) is 0 Å². The van der Waals surface area contributed by atoms with Crippen molar-refractivity contribution in [2.45, 2.75) is 133 Å². The van der Waals surface area contributed by atoms with Crippen molar-refractivity contribution in [2.75, 3.05) is 0 Å². The molecule has 0 bridgehead atoms. The molecule has 0 fully saturated rings. The van der Waals surface area contributed by atoms with E-state index in [1.807, 2.05) is 6.07 Å². The van der Waals surface area contributed by atoms with Gasteiger partial charge in [-0.2, -0.15) is 0 Å². The van der Waals surface area contributed by atoms with E-state index in [-0.39, 0.29) is 0 Å². The van der Waals surface area contributed by atoms with E-state index >= 15 is 0 Å². The summed E-state index contributed by atoms with van der Waals surface area (Å²) in [5.41, 5.74) is 9.74. The van der Waals surface area contributed by atoms with E-state index < -0.39 is 0 Å². The lowest BCUT2D eigenvalue weighted by Crippen LogP contribution is -1.86. The second-order valence-electron chi connectivity index (χ2n) is 14.0. The van der Waals surface area contributed by atoms with Crippen molar-refractivity contribution in [2.24, 2.45) is 5.92 Å². The standard InChI is InChI=1S/3C10H14.C9H12.C6H14/c1-8(2)10-6-4-9(3)5-7-10;2*1-8(2)10-6-4-5-9(3)7-10;1-8(2)9-6-4-3-5-7-9;1-4-5-6(2)3/h3*4-8H,1-3H3;3-8H,1-2H3;6H,4-5H2,1-3H3. The van der Waals surface area contributed by atoms with E-state index in [4.69, 9.17) is 0 Å². The summed E-state index contributed by atoms with van der Waals surface area (Å²) in [4.78, 5) is 0. The predicted octanol–water partition coefficient (Wildman–Crippen LogP) is 14.6. The maximum absolute atomic E-state index is 2.25. The maximum atomic E-state index is 2.25. The number of benzene rings is 4. The van der Waals surface area contributed by atoms with Crippen LogP contribution < -0.4 is 0 Å². The number of rotatable bonds is 6. The van der Waals surface area contributed by atoms with Crippen LogP contribution in [0.5, 0.6) is 0 Å². The molecule has 0 aliphatic carbocycles. The highest BCUT2D eigenvalue weighted by Crippen LogP contribution is 2.16. The van der Waals surface area contributed by atoms with Gasteiger partial charge in [-0.3, -0.25) is 0 Å². The first kappa shape index (κ1) is 41.9. The molecular formula is C45H68. The molecule has 0 saturated carbocycles. The fourth-order valence-corrected chi connectivity index (χ4v) is 4.43. The third-order valence-corrected chi connectivity index (χ3v) is 7.49. The molecule has 45 heavy (non-hydrogen) atoms. The summed E-state index contributed by atoms with van der Waals surface area (Å²) in [6, 6.07) is 36.6. The van der Waals surface area contributed by atoms with E-state index in [0.717, 1.165) is 5.92 Å². The Labute approximate surface area is 280 Å². The lowest BCUT2D eigenvalue weighted by atomic mass is 10.0. The monoisotopic (exact) mass is 609 g/mol. The van der Waals surface area contributed by atoms with Gasteiger partial charge in [-0.15, -0.1) is 0 Å². The average Bonchev–Trinajstić information content (AvgIpc) is 2.99. The van der Waals surface area contributed by atoms with Crippen LogP contribution in [0.4, 0.5) is 0 Å². The van der Waals surface area contributed by atoms with Gasteiger partial charge in [0.2, 0.25) is 0 Å². The van der Waals surface area contributed by atoms with Crippen LogP contribution in [0.1, 0.15) is 152 Å². The molecule has 0 radical (unpaired) electrons. The number of aryl methyl sites for hydroxylation is 3. The Morgan fingerprint density at radius 1 is 0.378 bits per heavy atom. The molecule has 4 aromatic carbocycles. The zero-order chi connectivity index (χ0) is 34.4. The van der Waals surface area contributed by atoms with Crippen LogP contribution >= 0.6 is 0 Å². The van der Waals surface area contributed by atoms with Gasteiger partial charge >= 0.3 is 0 Å². The van der Waals surface area contributed by atoms with Gasteiger partial charge in [0.1, 0.15) is 0 Å². The third-order valence-electron chi connectivity index (χ3n) is 7.49. The highest BCUT2D eigenvalue weighted by molar-refractivity contribution is 5.25. The minimum absolute atomic E-state index is 0.653. The second-order valence-corrected chi connectivity index (χ2v) is 14.0. The number of hydrogen-bond donors (Lipinski definition) is 0. The molecule has 0 aromatic heterocycles. The normalized spacial score (nSPS) is 10.3. The van der Waals surface area contributed by atoms with Crippen molar-refractivity contribution in [3.63, 3.8) is 0 Å². The average molecular weight is 609 g/mol. The minimum atomic E-state index is 0.653. The fourth-order valence-electron chi connectivity index (χ4n) is 4.43. The molecule has 0 saturated heterocycles. The van der Waals surface area contributed by atoms with Gasteiger partial charge in [0.25, 0.3) is 0 Å². The minimum Gasteiger partial charge on any atom is -0.0654 e. The fraction of sp³-hybridized carbons (Fsp3) is 0.467. The summed E-state index contributed by atoms with van der Waals surface area (Å²) in [6.45, 7) is 30.8. The first-order valence-corrected chi connectivity index (χ1v) is 17.4. The second kappa shape index (κ2) is 24.2. The van der Waals surface area contributed by atoms with Gasteiger partial charge in [-0.1, -0.05) is 209 Å². The molecule has 4 aromatic rings. The topological polar surface area (TPSA) is 0 Å². The Morgan fingerprint density at radius 2 is 0.733 bits per heavy atom. The van der Waals surface area contributed by atoms with E-state index in [1.165, 1.54) is 51.8 Å². The van der Waals surface area contributed by atoms with E-state index in [1.54, 1.807) is 0 Å². The lowest BCUT2D eigenvalue weighted by Gasteiger charge is -2.04. The molecule has 248 valence electrons. The Morgan fingerprint density at radius 3 is 0.978 bits per heavy atom. The van der Waals surface area contributed by atoms with Gasteiger partial charge < -0.3 is 0 Å². The molecule has 0 N–H and O–H groups in total. The summed E-state index contributed by atoms with van der Waals surface area (Å²) in [5, 5.41) is 0.